The first-order valence-electron chi connectivity index (χ1n) is 5.25. The fourth-order valence-electron chi connectivity index (χ4n) is 1.85. The Labute approximate surface area is 98.4 Å². The second-order valence-corrected chi connectivity index (χ2v) is 4.27. The van der Waals surface area contributed by atoms with Crippen molar-refractivity contribution in [3.8, 4) is 0 Å². The highest BCUT2D eigenvalue weighted by atomic mass is 35.5. The number of carbonyl (C=O) groups is 1. The van der Waals surface area contributed by atoms with Gasteiger partial charge in [0.2, 0.25) is 0 Å². The Balaban J connectivity index is 2.08. The van der Waals surface area contributed by atoms with Crippen LogP contribution in [0.2, 0.25) is 5.02 Å². The minimum atomic E-state index is -0.359. The topological polar surface area (TPSA) is 26.3 Å². The predicted molar refractivity (Wildman–Crippen MR) is 58.9 cm³/mol. The van der Waals surface area contributed by atoms with E-state index in [0.29, 0.717) is 11.6 Å². The molecule has 2 atom stereocenters. The van der Waals surface area contributed by atoms with E-state index >= 15 is 0 Å². The zero-order chi connectivity index (χ0) is 11.7. The molecule has 1 aromatic carbocycles. The summed E-state index contributed by atoms with van der Waals surface area (Å²) in [5.74, 6) is -0.565. The third-order valence-corrected chi connectivity index (χ3v) is 3.07. The Morgan fingerprint density at radius 1 is 1.62 bits per heavy atom. The molecule has 2 unspecified atom stereocenters. The molecule has 1 saturated carbocycles. The lowest BCUT2D eigenvalue weighted by Gasteiger charge is -2.03. The summed E-state index contributed by atoms with van der Waals surface area (Å²) in [5.41, 5.74) is 0.834. The number of rotatable bonds is 3. The first-order chi connectivity index (χ1) is 7.63. The molecule has 1 aliphatic rings. The molecule has 2 nitrogen and oxygen atoms in total. The zero-order valence-corrected chi connectivity index (χ0v) is 9.63. The van der Waals surface area contributed by atoms with Crippen molar-refractivity contribution in [1.29, 1.82) is 0 Å². The molecule has 86 valence electrons. The molecule has 0 bridgehead atoms. The van der Waals surface area contributed by atoms with Crippen molar-refractivity contribution >= 4 is 17.6 Å². The fourth-order valence-corrected chi connectivity index (χ4v) is 2.16. The normalized spacial score (nSPS) is 22.9. The molecule has 0 radical (unpaired) electrons. The van der Waals surface area contributed by atoms with E-state index in [9.17, 15) is 9.18 Å². The van der Waals surface area contributed by atoms with Crippen LogP contribution in [0.1, 0.15) is 24.8 Å². The van der Waals surface area contributed by atoms with E-state index in [1.807, 2.05) is 0 Å². The first-order valence-corrected chi connectivity index (χ1v) is 5.63. The van der Waals surface area contributed by atoms with Gasteiger partial charge in [-0.3, -0.25) is 4.79 Å². The van der Waals surface area contributed by atoms with E-state index in [2.05, 4.69) is 0 Å². The molecule has 16 heavy (non-hydrogen) atoms. The van der Waals surface area contributed by atoms with Crippen LogP contribution in [0.4, 0.5) is 4.39 Å². The van der Waals surface area contributed by atoms with E-state index in [1.54, 1.807) is 13.0 Å². The molecule has 0 spiro atoms. The van der Waals surface area contributed by atoms with Crippen molar-refractivity contribution in [3.63, 3.8) is 0 Å². The molecule has 0 aromatic heterocycles. The molecule has 1 fully saturated rings. The van der Waals surface area contributed by atoms with Crippen molar-refractivity contribution < 1.29 is 13.9 Å². The molecule has 0 amide bonds. The largest absolute Gasteiger partial charge is 0.466 e. The third kappa shape index (κ3) is 2.19. The summed E-state index contributed by atoms with van der Waals surface area (Å²) in [7, 11) is 0. The van der Waals surface area contributed by atoms with Crippen LogP contribution in [0.3, 0.4) is 0 Å². The van der Waals surface area contributed by atoms with Crippen LogP contribution < -0.4 is 0 Å². The van der Waals surface area contributed by atoms with Crippen LogP contribution in [0, 0.1) is 11.7 Å². The summed E-state index contributed by atoms with van der Waals surface area (Å²) in [6, 6.07) is 4.28. The molecule has 0 heterocycles. The summed E-state index contributed by atoms with van der Waals surface area (Å²) in [5, 5.41) is 0.386. The van der Waals surface area contributed by atoms with Gasteiger partial charge in [-0.25, -0.2) is 4.39 Å². The summed E-state index contributed by atoms with van der Waals surface area (Å²) < 4.78 is 17.8. The minimum absolute atomic E-state index is 0.0900. The Kier molecular flexibility index (Phi) is 3.15. The van der Waals surface area contributed by atoms with Crippen LogP contribution in [0.5, 0.6) is 0 Å². The van der Waals surface area contributed by atoms with Crippen LogP contribution in [-0.4, -0.2) is 12.6 Å². The lowest BCUT2D eigenvalue weighted by Crippen LogP contribution is -2.07. The Morgan fingerprint density at radius 3 is 3.00 bits per heavy atom. The van der Waals surface area contributed by atoms with E-state index in [1.165, 1.54) is 12.1 Å². The quantitative estimate of drug-likeness (QED) is 0.761. The van der Waals surface area contributed by atoms with E-state index in [-0.39, 0.29) is 23.6 Å². The molecule has 4 heteroatoms. The van der Waals surface area contributed by atoms with Gasteiger partial charge in [-0.05, 0) is 37.0 Å². The molecule has 0 N–H and O–H groups in total. The molecular formula is C12H12ClFO2. The second-order valence-electron chi connectivity index (χ2n) is 3.87. The fraction of sp³-hybridized carbons (Fsp3) is 0.417. The van der Waals surface area contributed by atoms with Gasteiger partial charge in [0.1, 0.15) is 5.82 Å². The smallest absolute Gasteiger partial charge is 0.309 e. The number of hydrogen-bond acceptors (Lipinski definition) is 2. The highest BCUT2D eigenvalue weighted by molar-refractivity contribution is 6.31. The highest BCUT2D eigenvalue weighted by Crippen LogP contribution is 2.50. The average molecular weight is 243 g/mol. The van der Waals surface area contributed by atoms with Crippen molar-refractivity contribution in [2.24, 2.45) is 5.92 Å². The minimum Gasteiger partial charge on any atom is -0.466 e. The zero-order valence-electron chi connectivity index (χ0n) is 8.87. The predicted octanol–water partition coefficient (Wildman–Crippen LogP) is 3.15. The van der Waals surface area contributed by atoms with Crippen molar-refractivity contribution in [2.75, 3.05) is 6.61 Å². The Hall–Kier alpha value is -1.09. The molecule has 1 aromatic rings. The second kappa shape index (κ2) is 4.42. The molecule has 0 saturated heterocycles. The number of ether oxygens (including phenoxy) is 1. The van der Waals surface area contributed by atoms with Gasteiger partial charge in [0.05, 0.1) is 12.5 Å². The highest BCUT2D eigenvalue weighted by Gasteiger charge is 2.45. The number of carbonyl (C=O) groups excluding carboxylic acids is 1. The maximum Gasteiger partial charge on any atom is 0.309 e. The number of halogens is 2. The van der Waals surface area contributed by atoms with Gasteiger partial charge in [0.15, 0.2) is 0 Å². The molecule has 2 rings (SSSR count). The van der Waals surface area contributed by atoms with Gasteiger partial charge in [-0.15, -0.1) is 0 Å². The van der Waals surface area contributed by atoms with Crippen LogP contribution in [-0.2, 0) is 9.53 Å². The van der Waals surface area contributed by atoms with Gasteiger partial charge in [-0.1, -0.05) is 17.7 Å². The maximum atomic E-state index is 12.8. The van der Waals surface area contributed by atoms with Crippen LogP contribution in [0.25, 0.3) is 0 Å². The number of benzene rings is 1. The van der Waals surface area contributed by atoms with Gasteiger partial charge in [-0.2, -0.15) is 0 Å². The summed E-state index contributed by atoms with van der Waals surface area (Å²) in [4.78, 5) is 11.4. The van der Waals surface area contributed by atoms with E-state index in [0.717, 1.165) is 12.0 Å². The van der Waals surface area contributed by atoms with Crippen molar-refractivity contribution in [3.05, 3.63) is 34.6 Å². The first kappa shape index (κ1) is 11.4. The molecule has 0 aliphatic heterocycles. The SMILES string of the molecule is CCOC(=O)C1CC1c1ccc(F)cc1Cl. The summed E-state index contributed by atoms with van der Waals surface area (Å²) in [6.45, 7) is 2.17. The van der Waals surface area contributed by atoms with Crippen LogP contribution in [0.15, 0.2) is 18.2 Å². The number of hydrogen-bond donors (Lipinski definition) is 0. The third-order valence-electron chi connectivity index (χ3n) is 2.74. The Bertz CT molecular complexity index is 419. The average Bonchev–Trinajstić information content (AvgIpc) is 2.98. The van der Waals surface area contributed by atoms with Gasteiger partial charge in [0, 0.05) is 5.02 Å². The summed E-state index contributed by atoms with van der Waals surface area (Å²) in [6.07, 6.45) is 0.740. The van der Waals surface area contributed by atoms with E-state index in [4.69, 9.17) is 16.3 Å². The van der Waals surface area contributed by atoms with Crippen molar-refractivity contribution in [1.82, 2.24) is 0 Å². The van der Waals surface area contributed by atoms with Crippen LogP contribution >= 0.6 is 11.6 Å². The Morgan fingerprint density at radius 2 is 2.38 bits per heavy atom. The monoisotopic (exact) mass is 242 g/mol. The number of esters is 1. The van der Waals surface area contributed by atoms with Gasteiger partial charge < -0.3 is 4.74 Å². The molecule has 1 aliphatic carbocycles. The molecular weight excluding hydrogens is 231 g/mol. The standard InChI is InChI=1S/C12H12ClFO2/c1-2-16-12(15)10-6-9(10)8-4-3-7(14)5-11(8)13/h3-5,9-10H,2,6H2,1H3. The lowest BCUT2D eigenvalue weighted by atomic mass is 10.1. The maximum absolute atomic E-state index is 12.8. The van der Waals surface area contributed by atoms with Gasteiger partial charge >= 0.3 is 5.97 Å². The lowest BCUT2D eigenvalue weighted by molar-refractivity contribution is -0.144. The van der Waals surface area contributed by atoms with E-state index < -0.39 is 0 Å². The summed E-state index contributed by atoms with van der Waals surface area (Å²) >= 11 is 5.92. The van der Waals surface area contributed by atoms with Gasteiger partial charge in [0.25, 0.3) is 0 Å². The van der Waals surface area contributed by atoms with Crippen molar-refractivity contribution in [2.45, 2.75) is 19.3 Å².